The first-order chi connectivity index (χ1) is 3.29. The van der Waals surface area contributed by atoms with E-state index in [0.717, 1.165) is 5.56 Å². The van der Waals surface area contributed by atoms with E-state index in [4.69, 9.17) is 0 Å². The minimum absolute atomic E-state index is 0. The van der Waals surface area contributed by atoms with Gasteiger partial charge in [0, 0.05) is 7.05 Å². The van der Waals surface area contributed by atoms with Crippen molar-refractivity contribution in [1.29, 1.82) is 0 Å². The Morgan fingerprint density at radius 1 is 1.75 bits per heavy atom. The molecular formula is C5H7N2W+. The van der Waals surface area contributed by atoms with Gasteiger partial charge in [-0.15, -0.1) is 12.4 Å². The van der Waals surface area contributed by atoms with E-state index < -0.39 is 0 Å². The largest absolute Gasteiger partial charge is 2.00 e. The van der Waals surface area contributed by atoms with E-state index in [1.54, 1.807) is 4.68 Å². The smallest absolute Gasteiger partial charge is 0.372 e. The van der Waals surface area contributed by atoms with Crippen LogP contribution in [-0.4, -0.2) is 9.78 Å². The third kappa shape index (κ3) is 1.79. The summed E-state index contributed by atoms with van der Waals surface area (Å²) in [5.74, 6) is 0. The van der Waals surface area contributed by atoms with Gasteiger partial charge < -0.3 is 9.78 Å². The van der Waals surface area contributed by atoms with Crippen molar-refractivity contribution < 1.29 is 21.1 Å². The third-order valence-electron chi connectivity index (χ3n) is 0.765. The Hall–Kier alpha value is -0.102. The van der Waals surface area contributed by atoms with Crippen LogP contribution in [0.4, 0.5) is 0 Å². The van der Waals surface area contributed by atoms with Crippen molar-refractivity contribution in [1.82, 2.24) is 9.78 Å². The van der Waals surface area contributed by atoms with E-state index in [0.29, 0.717) is 0 Å². The molecule has 3 heteroatoms. The normalized spacial score (nSPS) is 8.25. The molecule has 0 aliphatic heterocycles. The molecule has 0 aromatic carbocycles. The number of hydrogen-bond acceptors (Lipinski definition) is 1. The van der Waals surface area contributed by atoms with E-state index in [9.17, 15) is 0 Å². The molecule has 8 heavy (non-hydrogen) atoms. The molecule has 0 aliphatic carbocycles. The van der Waals surface area contributed by atoms with Gasteiger partial charge in [-0.25, -0.2) is 0 Å². The number of aromatic nitrogens is 2. The fourth-order valence-electron chi connectivity index (χ4n) is 0.496. The summed E-state index contributed by atoms with van der Waals surface area (Å²) in [5.41, 5.74) is 1.09. The van der Waals surface area contributed by atoms with Crippen LogP contribution in [0.3, 0.4) is 0 Å². The van der Waals surface area contributed by atoms with Gasteiger partial charge >= 0.3 is 21.1 Å². The van der Waals surface area contributed by atoms with Gasteiger partial charge in [0.2, 0.25) is 0 Å². The number of hydrogen-bond donors (Lipinski definition) is 0. The van der Waals surface area contributed by atoms with Gasteiger partial charge in [0.1, 0.15) is 0 Å². The van der Waals surface area contributed by atoms with Crippen LogP contribution < -0.4 is 0 Å². The van der Waals surface area contributed by atoms with Crippen LogP contribution in [0.1, 0.15) is 5.56 Å². The van der Waals surface area contributed by atoms with Gasteiger partial charge in [0.25, 0.3) is 0 Å². The quantitative estimate of drug-likeness (QED) is 0.633. The third-order valence-corrected chi connectivity index (χ3v) is 0.765. The number of aryl methyl sites for hydroxylation is 2. The Morgan fingerprint density at radius 3 is 2.50 bits per heavy atom. The predicted octanol–water partition coefficient (Wildman–Crippen LogP) is 0.526. The standard InChI is InChI=1S/C5H7N2.W/c1-5-3-6-7(2)4-5;/h4H,1-2H3;/q-1;+2. The maximum atomic E-state index is 3.81. The topological polar surface area (TPSA) is 17.8 Å². The Kier molecular flexibility index (Phi) is 2.99. The molecule has 0 bridgehead atoms. The van der Waals surface area contributed by atoms with Crippen molar-refractivity contribution in [2.45, 2.75) is 6.92 Å². The average Bonchev–Trinajstić information content (AvgIpc) is 1.87. The molecule has 1 heterocycles. The molecule has 42 valence electrons. The summed E-state index contributed by atoms with van der Waals surface area (Å²) in [4.78, 5) is 0. The van der Waals surface area contributed by atoms with E-state index in [2.05, 4.69) is 11.3 Å². The summed E-state index contributed by atoms with van der Waals surface area (Å²) in [5, 5.41) is 3.81. The van der Waals surface area contributed by atoms with Crippen molar-refractivity contribution in [3.8, 4) is 0 Å². The molecule has 0 spiro atoms. The van der Waals surface area contributed by atoms with Crippen molar-refractivity contribution in [3.05, 3.63) is 18.0 Å². The number of nitrogens with zero attached hydrogens (tertiary/aromatic N) is 2. The predicted molar refractivity (Wildman–Crippen MR) is 26.8 cm³/mol. The van der Waals surface area contributed by atoms with Crippen molar-refractivity contribution in [2.75, 3.05) is 0 Å². The summed E-state index contributed by atoms with van der Waals surface area (Å²) in [6, 6.07) is 0. The Balaban J connectivity index is 0.000000490. The van der Waals surface area contributed by atoms with Gasteiger partial charge in [-0.2, -0.15) is 5.56 Å². The van der Waals surface area contributed by atoms with E-state index in [-0.39, 0.29) is 21.1 Å². The first kappa shape index (κ1) is 7.90. The fourth-order valence-corrected chi connectivity index (χ4v) is 0.496. The van der Waals surface area contributed by atoms with E-state index >= 15 is 0 Å². The summed E-state index contributed by atoms with van der Waals surface area (Å²) in [7, 11) is 1.88. The molecule has 0 amide bonds. The molecule has 0 saturated heterocycles. The van der Waals surface area contributed by atoms with Crippen LogP contribution in [0, 0.1) is 13.1 Å². The molecule has 0 saturated carbocycles. The Labute approximate surface area is 63.2 Å². The maximum absolute atomic E-state index is 3.81. The summed E-state index contributed by atoms with van der Waals surface area (Å²) in [6.07, 6.45) is 4.70. The van der Waals surface area contributed by atoms with Crippen LogP contribution in [-0.2, 0) is 28.1 Å². The molecule has 1 rings (SSSR count). The van der Waals surface area contributed by atoms with Crippen molar-refractivity contribution in [2.24, 2.45) is 7.05 Å². The minimum atomic E-state index is 0. The SMILES string of the molecule is Cc1[c-]nn(C)c1.[W+2]. The average molecular weight is 279 g/mol. The number of rotatable bonds is 0. The molecule has 0 atom stereocenters. The monoisotopic (exact) mass is 279 g/mol. The van der Waals surface area contributed by atoms with Crippen molar-refractivity contribution in [3.63, 3.8) is 0 Å². The van der Waals surface area contributed by atoms with Crippen LogP contribution in [0.15, 0.2) is 6.20 Å². The molecule has 0 N–H and O–H groups in total. The summed E-state index contributed by atoms with van der Waals surface area (Å²) >= 11 is 0. The zero-order valence-corrected chi connectivity index (χ0v) is 7.81. The first-order valence-corrected chi connectivity index (χ1v) is 2.17. The molecule has 0 aliphatic rings. The Morgan fingerprint density at radius 2 is 2.38 bits per heavy atom. The zero-order chi connectivity index (χ0) is 5.28. The maximum Gasteiger partial charge on any atom is 2.00 e. The van der Waals surface area contributed by atoms with E-state index in [1.165, 1.54) is 0 Å². The molecule has 1 aromatic rings. The molecule has 0 unspecified atom stereocenters. The second kappa shape index (κ2) is 3.03. The summed E-state index contributed by atoms with van der Waals surface area (Å²) in [6.45, 7) is 1.97. The fraction of sp³-hybridized carbons (Fsp3) is 0.400. The van der Waals surface area contributed by atoms with E-state index in [1.807, 2.05) is 20.2 Å². The van der Waals surface area contributed by atoms with Gasteiger partial charge in [-0.3, -0.25) is 0 Å². The molecule has 1 aromatic heterocycles. The van der Waals surface area contributed by atoms with Crippen LogP contribution in [0.2, 0.25) is 0 Å². The van der Waals surface area contributed by atoms with Gasteiger partial charge in [0.15, 0.2) is 0 Å². The molecule has 0 fully saturated rings. The molecule has 0 radical (unpaired) electrons. The van der Waals surface area contributed by atoms with Crippen LogP contribution >= 0.6 is 0 Å². The minimum Gasteiger partial charge on any atom is -0.372 e. The van der Waals surface area contributed by atoms with Crippen molar-refractivity contribution >= 4 is 0 Å². The molecule has 2 nitrogen and oxygen atoms in total. The van der Waals surface area contributed by atoms with Crippen LogP contribution in [0.5, 0.6) is 0 Å². The van der Waals surface area contributed by atoms with Crippen LogP contribution in [0.25, 0.3) is 0 Å². The second-order valence-corrected chi connectivity index (χ2v) is 1.60. The molecular weight excluding hydrogens is 272 g/mol. The zero-order valence-electron chi connectivity index (χ0n) is 4.88. The Bertz CT molecular complexity index is 143. The summed E-state index contributed by atoms with van der Waals surface area (Å²) < 4.78 is 1.73. The first-order valence-electron chi connectivity index (χ1n) is 2.17. The second-order valence-electron chi connectivity index (χ2n) is 1.60. The van der Waals surface area contributed by atoms with Gasteiger partial charge in [-0.05, 0) is 0 Å². The van der Waals surface area contributed by atoms with Gasteiger partial charge in [0.05, 0.1) is 0 Å². The van der Waals surface area contributed by atoms with Gasteiger partial charge in [-0.1, -0.05) is 6.92 Å².